The molecule has 1 amide bonds. The minimum atomic E-state index is -0.389. The van der Waals surface area contributed by atoms with E-state index >= 15 is 0 Å². The van der Waals surface area contributed by atoms with Crippen LogP contribution < -0.4 is 5.32 Å². The third kappa shape index (κ3) is 3.19. The number of amides is 1. The number of anilines is 1. The molecule has 20 heavy (non-hydrogen) atoms. The molecule has 0 bridgehead atoms. The van der Waals surface area contributed by atoms with Gasteiger partial charge in [-0.1, -0.05) is 38.4 Å². The standard InChI is InChI=1S/C13H14BrClN4O/c1-13(2,3)12-17-10(18-19-12)11(20)16-8-6-4-5-7(15)9(8)14/h4-6H,1-3H3,(H,16,20)(H,17,18,19). The van der Waals surface area contributed by atoms with E-state index in [1.54, 1.807) is 18.2 Å². The molecule has 1 heterocycles. The average molecular weight is 358 g/mol. The second-order valence-corrected chi connectivity index (χ2v) is 6.51. The highest BCUT2D eigenvalue weighted by molar-refractivity contribution is 9.10. The van der Waals surface area contributed by atoms with Crippen LogP contribution in [-0.4, -0.2) is 21.1 Å². The highest BCUT2D eigenvalue weighted by atomic mass is 79.9. The van der Waals surface area contributed by atoms with Gasteiger partial charge in [-0.15, -0.1) is 5.10 Å². The van der Waals surface area contributed by atoms with Gasteiger partial charge in [-0.3, -0.25) is 9.89 Å². The van der Waals surface area contributed by atoms with Gasteiger partial charge in [0.05, 0.1) is 15.2 Å². The first-order chi connectivity index (χ1) is 9.29. The summed E-state index contributed by atoms with van der Waals surface area (Å²) >= 11 is 9.29. The molecule has 0 saturated heterocycles. The smallest absolute Gasteiger partial charge is 0.295 e. The predicted molar refractivity (Wildman–Crippen MR) is 82.2 cm³/mol. The van der Waals surface area contributed by atoms with E-state index in [9.17, 15) is 4.79 Å². The van der Waals surface area contributed by atoms with E-state index in [1.807, 2.05) is 20.8 Å². The van der Waals surface area contributed by atoms with Crippen molar-refractivity contribution in [3.63, 3.8) is 0 Å². The van der Waals surface area contributed by atoms with Crippen molar-refractivity contribution in [3.05, 3.63) is 39.3 Å². The van der Waals surface area contributed by atoms with Crippen molar-refractivity contribution in [1.29, 1.82) is 0 Å². The summed E-state index contributed by atoms with van der Waals surface area (Å²) in [5, 5.41) is 9.95. The summed E-state index contributed by atoms with van der Waals surface area (Å²) in [7, 11) is 0. The Bertz CT molecular complexity index is 648. The maximum absolute atomic E-state index is 12.1. The quantitative estimate of drug-likeness (QED) is 0.859. The number of rotatable bonds is 2. The fourth-order valence-electron chi connectivity index (χ4n) is 1.48. The summed E-state index contributed by atoms with van der Waals surface area (Å²) in [4.78, 5) is 16.3. The molecule has 0 aliphatic carbocycles. The number of H-pyrrole nitrogens is 1. The van der Waals surface area contributed by atoms with Crippen LogP contribution in [0, 0.1) is 0 Å². The summed E-state index contributed by atoms with van der Waals surface area (Å²) in [5.41, 5.74) is 0.381. The van der Waals surface area contributed by atoms with Gasteiger partial charge in [-0.25, -0.2) is 4.98 Å². The van der Waals surface area contributed by atoms with Gasteiger partial charge in [0.1, 0.15) is 5.82 Å². The van der Waals surface area contributed by atoms with Crippen molar-refractivity contribution in [2.45, 2.75) is 26.2 Å². The number of aromatic nitrogens is 3. The molecule has 7 heteroatoms. The van der Waals surface area contributed by atoms with E-state index in [-0.39, 0.29) is 17.1 Å². The van der Waals surface area contributed by atoms with Crippen LogP contribution >= 0.6 is 27.5 Å². The Hall–Kier alpha value is -1.40. The Kier molecular flexibility index (Phi) is 4.15. The van der Waals surface area contributed by atoms with Gasteiger partial charge in [0.2, 0.25) is 5.82 Å². The summed E-state index contributed by atoms with van der Waals surface area (Å²) in [6.45, 7) is 5.97. The SMILES string of the molecule is CC(C)(C)c1nc(C(=O)Nc2cccc(Cl)c2Br)n[nH]1. The number of benzene rings is 1. The summed E-state index contributed by atoms with van der Waals surface area (Å²) in [6, 6.07) is 5.22. The van der Waals surface area contributed by atoms with Crippen molar-refractivity contribution in [2.75, 3.05) is 5.32 Å². The maximum Gasteiger partial charge on any atom is 0.295 e. The Morgan fingerprint density at radius 1 is 1.40 bits per heavy atom. The molecule has 0 spiro atoms. The van der Waals surface area contributed by atoms with Gasteiger partial charge in [0.25, 0.3) is 5.91 Å². The maximum atomic E-state index is 12.1. The van der Waals surface area contributed by atoms with Crippen molar-refractivity contribution in [2.24, 2.45) is 0 Å². The predicted octanol–water partition coefficient (Wildman–Crippen LogP) is 3.77. The third-order valence-corrected chi connectivity index (χ3v) is 4.00. The van der Waals surface area contributed by atoms with E-state index in [1.165, 1.54) is 0 Å². The Labute approximate surface area is 130 Å². The zero-order valence-electron chi connectivity index (χ0n) is 11.3. The largest absolute Gasteiger partial charge is 0.318 e. The van der Waals surface area contributed by atoms with Crippen LogP contribution in [0.1, 0.15) is 37.2 Å². The first-order valence-corrected chi connectivity index (χ1v) is 7.14. The van der Waals surface area contributed by atoms with E-state index < -0.39 is 0 Å². The molecule has 0 radical (unpaired) electrons. The molecule has 0 fully saturated rings. The van der Waals surface area contributed by atoms with Gasteiger partial charge in [-0.2, -0.15) is 0 Å². The molecule has 106 valence electrons. The van der Waals surface area contributed by atoms with E-state index in [0.29, 0.717) is 21.0 Å². The molecular weight excluding hydrogens is 344 g/mol. The van der Waals surface area contributed by atoms with Crippen LogP contribution in [0.4, 0.5) is 5.69 Å². The van der Waals surface area contributed by atoms with E-state index in [0.717, 1.165) is 0 Å². The second-order valence-electron chi connectivity index (χ2n) is 5.31. The van der Waals surface area contributed by atoms with E-state index in [2.05, 4.69) is 36.4 Å². The van der Waals surface area contributed by atoms with Crippen LogP contribution in [0.25, 0.3) is 0 Å². The first-order valence-electron chi connectivity index (χ1n) is 5.97. The van der Waals surface area contributed by atoms with E-state index in [4.69, 9.17) is 11.6 Å². The lowest BCUT2D eigenvalue weighted by atomic mass is 9.96. The topological polar surface area (TPSA) is 70.7 Å². The molecule has 0 saturated carbocycles. The van der Waals surface area contributed by atoms with Gasteiger partial charge < -0.3 is 5.32 Å². The zero-order valence-corrected chi connectivity index (χ0v) is 13.6. The number of nitrogens with one attached hydrogen (secondary N) is 2. The van der Waals surface area contributed by atoms with Gasteiger partial charge in [0.15, 0.2) is 0 Å². The molecule has 1 aromatic carbocycles. The molecule has 0 unspecified atom stereocenters. The molecule has 2 aromatic rings. The second kappa shape index (κ2) is 5.54. The normalized spacial score (nSPS) is 11.4. The summed E-state index contributed by atoms with van der Waals surface area (Å²) in [5.74, 6) is 0.370. The molecule has 2 N–H and O–H groups in total. The van der Waals surface area contributed by atoms with Crippen LogP contribution in [0.2, 0.25) is 5.02 Å². The lowest BCUT2D eigenvalue weighted by Gasteiger charge is -2.12. The molecule has 2 rings (SSSR count). The highest BCUT2D eigenvalue weighted by Gasteiger charge is 2.21. The van der Waals surface area contributed by atoms with Crippen molar-refractivity contribution < 1.29 is 4.79 Å². The minimum Gasteiger partial charge on any atom is -0.318 e. The minimum absolute atomic E-state index is 0.0989. The summed E-state index contributed by atoms with van der Waals surface area (Å²) in [6.07, 6.45) is 0. The number of aromatic amines is 1. The molecule has 1 aromatic heterocycles. The Balaban J connectivity index is 2.20. The number of halogens is 2. The van der Waals surface area contributed by atoms with Gasteiger partial charge >= 0.3 is 0 Å². The molecule has 0 atom stereocenters. The number of hydrogen-bond donors (Lipinski definition) is 2. The lowest BCUT2D eigenvalue weighted by molar-refractivity contribution is 0.101. The molecule has 5 nitrogen and oxygen atoms in total. The average Bonchev–Trinajstić information content (AvgIpc) is 2.84. The van der Waals surface area contributed by atoms with Gasteiger partial charge in [0, 0.05) is 5.41 Å². The van der Waals surface area contributed by atoms with Crippen molar-refractivity contribution in [3.8, 4) is 0 Å². The lowest BCUT2D eigenvalue weighted by Crippen LogP contribution is -2.16. The molecule has 0 aliphatic heterocycles. The van der Waals surface area contributed by atoms with Crippen LogP contribution in [-0.2, 0) is 5.41 Å². The molecule has 0 aliphatic rings. The van der Waals surface area contributed by atoms with Crippen LogP contribution in [0.5, 0.6) is 0 Å². The van der Waals surface area contributed by atoms with Crippen LogP contribution in [0.15, 0.2) is 22.7 Å². The number of nitrogens with zero attached hydrogens (tertiary/aromatic N) is 2. The molecular formula is C13H14BrClN4O. The van der Waals surface area contributed by atoms with Crippen LogP contribution in [0.3, 0.4) is 0 Å². The number of carbonyl (C=O) groups is 1. The summed E-state index contributed by atoms with van der Waals surface area (Å²) < 4.78 is 0.626. The van der Waals surface area contributed by atoms with Crippen molar-refractivity contribution in [1.82, 2.24) is 15.2 Å². The Morgan fingerprint density at radius 3 is 2.70 bits per heavy atom. The third-order valence-electron chi connectivity index (χ3n) is 2.60. The fraction of sp³-hybridized carbons (Fsp3) is 0.308. The zero-order chi connectivity index (χ0) is 14.9. The highest BCUT2D eigenvalue weighted by Crippen LogP contribution is 2.30. The monoisotopic (exact) mass is 356 g/mol. The van der Waals surface area contributed by atoms with Crippen molar-refractivity contribution >= 4 is 39.1 Å². The first kappa shape index (κ1) is 15.0. The Morgan fingerprint density at radius 2 is 2.10 bits per heavy atom. The number of hydrogen-bond acceptors (Lipinski definition) is 3. The van der Waals surface area contributed by atoms with Gasteiger partial charge in [-0.05, 0) is 28.1 Å². The number of carbonyl (C=O) groups excluding carboxylic acids is 1. The fourth-order valence-corrected chi connectivity index (χ4v) is 2.02.